The van der Waals surface area contributed by atoms with Crippen molar-refractivity contribution in [3.05, 3.63) is 57.9 Å². The summed E-state index contributed by atoms with van der Waals surface area (Å²) in [6.45, 7) is 3.76. The Morgan fingerprint density at radius 2 is 1.84 bits per heavy atom. The fraction of sp³-hybridized carbons (Fsp3) is 0.333. The summed E-state index contributed by atoms with van der Waals surface area (Å²) in [7, 11) is 0. The quantitative estimate of drug-likeness (QED) is 0.788. The Morgan fingerprint density at radius 1 is 1.24 bits per heavy atom. The maximum Gasteiger partial charge on any atom is 0.205 e. The molecule has 1 aromatic rings. The van der Waals surface area contributed by atoms with E-state index in [1.807, 2.05) is 19.9 Å². The topological polar surface area (TPSA) is 76.1 Å². The fourth-order valence-corrected chi connectivity index (χ4v) is 3.36. The normalized spacial score (nSPS) is 22.4. The van der Waals surface area contributed by atoms with Crippen molar-refractivity contribution in [2.75, 3.05) is 0 Å². The van der Waals surface area contributed by atoms with Crippen molar-refractivity contribution < 1.29 is 22.7 Å². The minimum atomic E-state index is -1.61. The van der Waals surface area contributed by atoms with Gasteiger partial charge in [-0.3, -0.25) is 4.79 Å². The summed E-state index contributed by atoms with van der Waals surface area (Å²) in [6, 6.07) is 3.38. The zero-order chi connectivity index (χ0) is 18.5. The summed E-state index contributed by atoms with van der Waals surface area (Å²) in [4.78, 5) is 12.7. The summed E-state index contributed by atoms with van der Waals surface area (Å²) < 4.78 is 46.1. The van der Waals surface area contributed by atoms with Crippen LogP contribution in [0.25, 0.3) is 0 Å². The van der Waals surface area contributed by atoms with Gasteiger partial charge in [-0.25, -0.2) is 13.2 Å². The Bertz CT molecular complexity index is 871. The van der Waals surface area contributed by atoms with E-state index in [1.54, 1.807) is 0 Å². The van der Waals surface area contributed by atoms with Crippen molar-refractivity contribution in [1.82, 2.24) is 0 Å². The molecule has 1 aliphatic carbocycles. The highest BCUT2D eigenvalue weighted by Crippen LogP contribution is 2.48. The second-order valence-corrected chi connectivity index (χ2v) is 7.00. The number of Topliss-reactive ketones (excluding diaryl/α,β-unsaturated/α-hetero) is 1. The van der Waals surface area contributed by atoms with E-state index < -0.39 is 23.4 Å². The van der Waals surface area contributed by atoms with Crippen molar-refractivity contribution in [1.29, 1.82) is 5.26 Å². The fourth-order valence-electron chi connectivity index (χ4n) is 3.36. The van der Waals surface area contributed by atoms with Crippen LogP contribution in [0.4, 0.5) is 13.2 Å². The van der Waals surface area contributed by atoms with Gasteiger partial charge < -0.3 is 10.5 Å². The molecule has 0 saturated heterocycles. The van der Waals surface area contributed by atoms with Crippen molar-refractivity contribution >= 4 is 5.78 Å². The maximum absolute atomic E-state index is 13.7. The molecule has 1 atom stereocenters. The van der Waals surface area contributed by atoms with Crippen LogP contribution >= 0.6 is 0 Å². The zero-order valence-electron chi connectivity index (χ0n) is 13.6. The Hall–Kier alpha value is -2.75. The van der Waals surface area contributed by atoms with E-state index in [0.717, 1.165) is 12.1 Å². The van der Waals surface area contributed by atoms with Gasteiger partial charge in [-0.05, 0) is 23.1 Å². The lowest BCUT2D eigenvalue weighted by molar-refractivity contribution is -0.119. The number of hydrogen-bond donors (Lipinski definition) is 1. The van der Waals surface area contributed by atoms with Crippen molar-refractivity contribution in [2.24, 2.45) is 11.1 Å². The molecule has 1 aromatic carbocycles. The van der Waals surface area contributed by atoms with Gasteiger partial charge in [0.05, 0.1) is 5.92 Å². The van der Waals surface area contributed by atoms with Gasteiger partial charge in [0.15, 0.2) is 23.2 Å². The molecule has 1 heterocycles. The SMILES string of the molecule is CC1(C)CC(=O)C2=C(C1)OC(N)=C(C#N)C2c1cc(F)c(F)c(F)c1. The molecule has 3 rings (SSSR count). The number of nitrogens with two attached hydrogens (primary N) is 1. The number of rotatable bonds is 1. The number of carbonyl (C=O) groups is 1. The summed E-state index contributed by atoms with van der Waals surface area (Å²) in [5.41, 5.74) is 5.39. The third-order valence-electron chi connectivity index (χ3n) is 4.41. The van der Waals surface area contributed by atoms with Crippen LogP contribution < -0.4 is 5.73 Å². The lowest BCUT2D eigenvalue weighted by Crippen LogP contribution is -2.33. The number of nitriles is 1. The van der Waals surface area contributed by atoms with E-state index in [1.165, 1.54) is 0 Å². The number of nitrogens with zero attached hydrogens (tertiary/aromatic N) is 1. The molecular formula is C18H15F3N2O2. The Kier molecular flexibility index (Phi) is 3.87. The number of ether oxygens (including phenoxy) is 1. The first-order valence-corrected chi connectivity index (χ1v) is 7.63. The Morgan fingerprint density at radius 3 is 2.40 bits per heavy atom. The first-order valence-electron chi connectivity index (χ1n) is 7.63. The first-order chi connectivity index (χ1) is 11.6. The number of carbonyl (C=O) groups excluding carboxylic acids is 1. The Balaban J connectivity index is 2.23. The summed E-state index contributed by atoms with van der Waals surface area (Å²) in [5.74, 6) is -5.72. The minimum absolute atomic E-state index is 0.0558. The van der Waals surface area contributed by atoms with Crippen LogP contribution in [0.15, 0.2) is 34.9 Å². The smallest absolute Gasteiger partial charge is 0.205 e. The van der Waals surface area contributed by atoms with Gasteiger partial charge in [0, 0.05) is 18.4 Å². The second-order valence-electron chi connectivity index (χ2n) is 7.00. The van der Waals surface area contributed by atoms with Gasteiger partial charge in [0.1, 0.15) is 17.4 Å². The highest BCUT2D eigenvalue weighted by Gasteiger charge is 2.43. The highest BCUT2D eigenvalue weighted by molar-refractivity contribution is 6.00. The second kappa shape index (κ2) is 5.66. The molecule has 0 bridgehead atoms. The molecule has 25 heavy (non-hydrogen) atoms. The van der Waals surface area contributed by atoms with Gasteiger partial charge in [-0.15, -0.1) is 0 Å². The average molecular weight is 348 g/mol. The van der Waals surface area contributed by atoms with Crippen molar-refractivity contribution in [2.45, 2.75) is 32.6 Å². The van der Waals surface area contributed by atoms with Gasteiger partial charge in [0.2, 0.25) is 5.88 Å². The molecule has 0 spiro atoms. The molecule has 7 heteroatoms. The van der Waals surface area contributed by atoms with E-state index in [0.29, 0.717) is 6.42 Å². The van der Waals surface area contributed by atoms with E-state index in [9.17, 15) is 23.2 Å². The molecule has 4 nitrogen and oxygen atoms in total. The molecular weight excluding hydrogens is 333 g/mol. The molecule has 2 aliphatic rings. The molecule has 0 radical (unpaired) electrons. The molecule has 2 N–H and O–H groups in total. The average Bonchev–Trinajstić information content (AvgIpc) is 2.49. The first kappa shape index (κ1) is 17.1. The number of halogens is 3. The molecule has 1 aliphatic heterocycles. The molecule has 0 saturated carbocycles. The van der Waals surface area contributed by atoms with Crippen LogP contribution in [0.2, 0.25) is 0 Å². The number of benzene rings is 1. The van der Waals surface area contributed by atoms with Gasteiger partial charge >= 0.3 is 0 Å². The number of hydrogen-bond acceptors (Lipinski definition) is 4. The maximum atomic E-state index is 13.7. The van der Waals surface area contributed by atoms with Crippen LogP contribution in [-0.4, -0.2) is 5.78 Å². The third-order valence-corrected chi connectivity index (χ3v) is 4.41. The van der Waals surface area contributed by atoms with Crippen LogP contribution in [0.3, 0.4) is 0 Å². The van der Waals surface area contributed by atoms with E-state index in [2.05, 4.69) is 0 Å². The van der Waals surface area contributed by atoms with Crippen LogP contribution in [-0.2, 0) is 9.53 Å². The molecule has 130 valence electrons. The van der Waals surface area contributed by atoms with E-state index in [4.69, 9.17) is 10.5 Å². The zero-order valence-corrected chi connectivity index (χ0v) is 13.6. The summed E-state index contributed by atoms with van der Waals surface area (Å²) >= 11 is 0. The van der Waals surface area contributed by atoms with E-state index >= 15 is 0 Å². The van der Waals surface area contributed by atoms with Crippen LogP contribution in [0.1, 0.15) is 38.2 Å². The highest BCUT2D eigenvalue weighted by atomic mass is 19.2. The van der Waals surface area contributed by atoms with Crippen molar-refractivity contribution in [3.63, 3.8) is 0 Å². The van der Waals surface area contributed by atoms with Gasteiger partial charge in [-0.1, -0.05) is 13.8 Å². The number of allylic oxidation sites excluding steroid dienone is 3. The molecule has 0 amide bonds. The van der Waals surface area contributed by atoms with E-state index in [-0.39, 0.29) is 46.0 Å². The van der Waals surface area contributed by atoms with Gasteiger partial charge in [0.25, 0.3) is 0 Å². The monoisotopic (exact) mass is 348 g/mol. The Labute approximate surface area is 142 Å². The molecule has 0 aromatic heterocycles. The number of ketones is 1. The predicted molar refractivity (Wildman–Crippen MR) is 82.0 cm³/mol. The largest absolute Gasteiger partial charge is 0.444 e. The van der Waals surface area contributed by atoms with Crippen LogP contribution in [0.5, 0.6) is 0 Å². The minimum Gasteiger partial charge on any atom is -0.444 e. The summed E-state index contributed by atoms with van der Waals surface area (Å²) in [5, 5.41) is 9.40. The molecule has 1 unspecified atom stereocenters. The van der Waals surface area contributed by atoms with Crippen LogP contribution in [0, 0.1) is 34.2 Å². The third kappa shape index (κ3) is 2.78. The predicted octanol–water partition coefficient (Wildman–Crippen LogP) is 3.55. The molecule has 0 fully saturated rings. The van der Waals surface area contributed by atoms with Gasteiger partial charge in [-0.2, -0.15) is 5.26 Å². The van der Waals surface area contributed by atoms with Crippen molar-refractivity contribution in [3.8, 4) is 6.07 Å². The summed E-state index contributed by atoms with van der Waals surface area (Å²) in [6.07, 6.45) is 0.576. The lowest BCUT2D eigenvalue weighted by Gasteiger charge is -2.37. The lowest BCUT2D eigenvalue weighted by atomic mass is 9.70. The standard InChI is InChI=1S/C18H15F3N2O2/c1-18(2)5-12(24)15-13(6-18)25-17(23)9(7-22)14(15)8-3-10(19)16(21)11(20)4-8/h3-4,14H,5-6,23H2,1-2H3.